The van der Waals surface area contributed by atoms with Crippen LogP contribution in [0.5, 0.6) is 0 Å². The Morgan fingerprint density at radius 1 is 1.32 bits per heavy atom. The summed E-state index contributed by atoms with van der Waals surface area (Å²) in [6, 6.07) is 6.80. The van der Waals surface area contributed by atoms with E-state index >= 15 is 0 Å². The van der Waals surface area contributed by atoms with E-state index in [-0.39, 0.29) is 0 Å². The van der Waals surface area contributed by atoms with Crippen LogP contribution in [0.3, 0.4) is 0 Å². The van der Waals surface area contributed by atoms with E-state index in [9.17, 15) is 9.59 Å². The first-order chi connectivity index (χ1) is 9.11. The van der Waals surface area contributed by atoms with Gasteiger partial charge in [0.1, 0.15) is 6.29 Å². The predicted octanol–water partition coefficient (Wildman–Crippen LogP) is 4.19. The number of aldehydes is 1. The van der Waals surface area contributed by atoms with Crippen LogP contribution in [0.15, 0.2) is 24.3 Å². The summed E-state index contributed by atoms with van der Waals surface area (Å²) < 4.78 is 0. The molecule has 0 unspecified atom stereocenters. The van der Waals surface area contributed by atoms with Crippen molar-refractivity contribution in [3.63, 3.8) is 0 Å². The highest BCUT2D eigenvalue weighted by atomic mass is 35.5. The Hall–Kier alpha value is -1.35. The van der Waals surface area contributed by atoms with E-state index in [0.717, 1.165) is 19.1 Å². The van der Waals surface area contributed by atoms with Crippen LogP contribution in [0.4, 0.5) is 0 Å². The lowest BCUT2D eigenvalue weighted by Gasteiger charge is -2.18. The van der Waals surface area contributed by atoms with Crippen LogP contribution in [0.25, 0.3) is 0 Å². The average molecular weight is 283 g/mol. The minimum absolute atomic E-state index is 0.389. The van der Waals surface area contributed by atoms with Gasteiger partial charge in [0.2, 0.25) is 0 Å². The quantitative estimate of drug-likeness (QED) is 0.846. The fourth-order valence-corrected chi connectivity index (χ4v) is 2.42. The van der Waals surface area contributed by atoms with Gasteiger partial charge in [0.15, 0.2) is 0 Å². The zero-order chi connectivity index (χ0) is 14.1. The number of hydrogen-bond acceptors (Lipinski definition) is 2. The standard InChI is InChI=1S/C8H14O2.C7H5ClO/c9-8(10)6-7-4-2-1-3-5-7;8-7-3-1-2-6(4-7)5-9/h7H,1-6H2,(H,9,10);1-5H. The SMILES string of the molecule is O=C(O)CC1CCCCC1.O=Cc1cccc(Cl)c1. The number of aliphatic carboxylic acids is 1. The van der Waals surface area contributed by atoms with Crippen molar-refractivity contribution in [2.45, 2.75) is 38.5 Å². The maximum atomic E-state index is 10.3. The van der Waals surface area contributed by atoms with Gasteiger partial charge in [0.05, 0.1) is 0 Å². The molecule has 0 radical (unpaired) electrons. The maximum absolute atomic E-state index is 10.3. The van der Waals surface area contributed by atoms with Crippen LogP contribution in [-0.2, 0) is 4.79 Å². The van der Waals surface area contributed by atoms with Crippen LogP contribution in [0, 0.1) is 5.92 Å². The monoisotopic (exact) mass is 282 g/mol. The molecule has 0 amide bonds. The van der Waals surface area contributed by atoms with Crippen molar-refractivity contribution in [3.05, 3.63) is 34.9 Å². The molecule has 2 rings (SSSR count). The normalized spacial score (nSPS) is 15.2. The minimum Gasteiger partial charge on any atom is -0.481 e. The molecule has 3 nitrogen and oxygen atoms in total. The molecule has 1 aliphatic rings. The Labute approximate surface area is 118 Å². The van der Waals surface area contributed by atoms with Gasteiger partial charge in [-0.15, -0.1) is 0 Å². The average Bonchev–Trinajstić information content (AvgIpc) is 2.40. The van der Waals surface area contributed by atoms with Gasteiger partial charge >= 0.3 is 5.97 Å². The highest BCUT2D eigenvalue weighted by Gasteiger charge is 2.15. The Balaban J connectivity index is 0.000000191. The van der Waals surface area contributed by atoms with E-state index in [1.165, 1.54) is 19.3 Å². The maximum Gasteiger partial charge on any atom is 0.303 e. The first-order valence-electron chi connectivity index (χ1n) is 6.54. The lowest BCUT2D eigenvalue weighted by atomic mass is 9.87. The second-order valence-electron chi connectivity index (χ2n) is 4.77. The highest BCUT2D eigenvalue weighted by Crippen LogP contribution is 2.25. The second-order valence-corrected chi connectivity index (χ2v) is 5.21. The molecular weight excluding hydrogens is 264 g/mol. The molecule has 1 fully saturated rings. The van der Waals surface area contributed by atoms with E-state index in [1.54, 1.807) is 24.3 Å². The van der Waals surface area contributed by atoms with Gasteiger partial charge < -0.3 is 5.11 Å². The summed E-state index contributed by atoms with van der Waals surface area (Å²) in [7, 11) is 0. The summed E-state index contributed by atoms with van der Waals surface area (Å²) in [4.78, 5) is 20.4. The number of carbonyl (C=O) groups is 2. The van der Waals surface area contributed by atoms with E-state index in [1.807, 2.05) is 0 Å². The van der Waals surface area contributed by atoms with Gasteiger partial charge in [-0.3, -0.25) is 9.59 Å². The number of carboxylic acids is 1. The van der Waals surface area contributed by atoms with Crippen molar-refractivity contribution >= 4 is 23.9 Å². The molecule has 0 aliphatic heterocycles. The smallest absolute Gasteiger partial charge is 0.303 e. The predicted molar refractivity (Wildman–Crippen MR) is 75.7 cm³/mol. The zero-order valence-electron chi connectivity index (χ0n) is 10.8. The van der Waals surface area contributed by atoms with E-state index in [0.29, 0.717) is 22.9 Å². The molecule has 1 aliphatic carbocycles. The highest BCUT2D eigenvalue weighted by molar-refractivity contribution is 6.30. The van der Waals surface area contributed by atoms with Crippen LogP contribution in [-0.4, -0.2) is 17.4 Å². The third kappa shape index (κ3) is 6.97. The van der Waals surface area contributed by atoms with Crippen molar-refractivity contribution in [1.82, 2.24) is 0 Å². The second kappa shape index (κ2) is 8.70. The van der Waals surface area contributed by atoms with Crippen LogP contribution in [0.1, 0.15) is 48.9 Å². The number of carboxylic acid groups (broad SMARTS) is 1. The number of hydrogen-bond donors (Lipinski definition) is 1. The fraction of sp³-hybridized carbons (Fsp3) is 0.467. The molecule has 1 aromatic rings. The molecule has 4 heteroatoms. The van der Waals surface area contributed by atoms with Gasteiger partial charge in [-0.1, -0.05) is 43.0 Å². The lowest BCUT2D eigenvalue weighted by molar-refractivity contribution is -0.138. The van der Waals surface area contributed by atoms with Crippen LogP contribution < -0.4 is 0 Å². The molecule has 19 heavy (non-hydrogen) atoms. The largest absolute Gasteiger partial charge is 0.481 e. The van der Waals surface area contributed by atoms with Crippen molar-refractivity contribution in [2.75, 3.05) is 0 Å². The lowest BCUT2D eigenvalue weighted by Crippen LogP contribution is -2.10. The number of rotatable bonds is 3. The van der Waals surface area contributed by atoms with Crippen LogP contribution >= 0.6 is 11.6 Å². The Morgan fingerprint density at radius 2 is 2.00 bits per heavy atom. The Kier molecular flexibility index (Phi) is 7.19. The van der Waals surface area contributed by atoms with Crippen molar-refractivity contribution < 1.29 is 14.7 Å². The number of halogens is 1. The van der Waals surface area contributed by atoms with Crippen molar-refractivity contribution in [1.29, 1.82) is 0 Å². The minimum atomic E-state index is -0.632. The van der Waals surface area contributed by atoms with Gasteiger partial charge in [0, 0.05) is 17.0 Å². The fourth-order valence-electron chi connectivity index (χ4n) is 2.22. The molecule has 1 aromatic carbocycles. The molecule has 0 aromatic heterocycles. The molecule has 0 heterocycles. The summed E-state index contributed by atoms with van der Waals surface area (Å²) in [5, 5.41) is 9.06. The van der Waals surface area contributed by atoms with E-state index in [2.05, 4.69) is 0 Å². The van der Waals surface area contributed by atoms with Gasteiger partial charge in [0.25, 0.3) is 0 Å². The topological polar surface area (TPSA) is 54.4 Å². The van der Waals surface area contributed by atoms with Crippen molar-refractivity contribution in [2.24, 2.45) is 5.92 Å². The number of carbonyl (C=O) groups excluding carboxylic acids is 1. The number of benzene rings is 1. The molecule has 0 atom stereocenters. The first-order valence-corrected chi connectivity index (χ1v) is 6.92. The molecule has 104 valence electrons. The molecule has 0 bridgehead atoms. The molecule has 1 N–H and O–H groups in total. The summed E-state index contributed by atoms with van der Waals surface area (Å²) in [5.41, 5.74) is 0.613. The van der Waals surface area contributed by atoms with Crippen LogP contribution in [0.2, 0.25) is 5.02 Å². The molecule has 0 saturated heterocycles. The summed E-state index contributed by atoms with van der Waals surface area (Å²) in [6.07, 6.45) is 7.19. The van der Waals surface area contributed by atoms with Gasteiger partial charge in [-0.05, 0) is 30.9 Å². The molecule has 1 saturated carbocycles. The van der Waals surface area contributed by atoms with E-state index in [4.69, 9.17) is 16.7 Å². The summed E-state index contributed by atoms with van der Waals surface area (Å²) in [5.74, 6) is -0.154. The third-order valence-corrected chi connectivity index (χ3v) is 3.41. The third-order valence-electron chi connectivity index (χ3n) is 3.17. The van der Waals surface area contributed by atoms with Gasteiger partial charge in [-0.25, -0.2) is 0 Å². The van der Waals surface area contributed by atoms with Crippen molar-refractivity contribution in [3.8, 4) is 0 Å². The Bertz CT molecular complexity index is 412. The zero-order valence-corrected chi connectivity index (χ0v) is 11.6. The Morgan fingerprint density at radius 3 is 2.47 bits per heavy atom. The first kappa shape index (κ1) is 15.7. The van der Waals surface area contributed by atoms with E-state index < -0.39 is 5.97 Å². The molecule has 0 spiro atoms. The summed E-state index contributed by atoms with van der Waals surface area (Å²) in [6.45, 7) is 0. The summed E-state index contributed by atoms with van der Waals surface area (Å²) >= 11 is 5.56. The molecular formula is C15H19ClO3. The van der Waals surface area contributed by atoms with Gasteiger partial charge in [-0.2, -0.15) is 0 Å².